The molecule has 26 heavy (non-hydrogen) atoms. The van der Waals surface area contributed by atoms with Crippen molar-refractivity contribution in [2.75, 3.05) is 7.11 Å². The molecule has 8 heteroatoms. The molecule has 0 radical (unpaired) electrons. The summed E-state index contributed by atoms with van der Waals surface area (Å²) in [6.07, 6.45) is 1.10. The molecule has 0 saturated heterocycles. The van der Waals surface area contributed by atoms with Crippen LogP contribution in [0.5, 0.6) is 0 Å². The summed E-state index contributed by atoms with van der Waals surface area (Å²) in [5, 5.41) is 0. The zero-order chi connectivity index (χ0) is 18.7. The van der Waals surface area contributed by atoms with Gasteiger partial charge in [-0.05, 0) is 36.2 Å². The van der Waals surface area contributed by atoms with E-state index in [0.29, 0.717) is 9.14 Å². The number of carbonyl (C=O) groups excluding carboxylic acids is 2. The number of thiophene rings is 1. The number of nitrogens with zero attached hydrogens (tertiary/aromatic N) is 2. The van der Waals surface area contributed by atoms with Crippen LogP contribution in [0.15, 0.2) is 35.3 Å². The van der Waals surface area contributed by atoms with Crippen molar-refractivity contribution in [3.05, 3.63) is 49.9 Å². The number of thiazole rings is 1. The molecule has 2 heterocycles. The maximum Gasteiger partial charge on any atom is 0.325 e. The van der Waals surface area contributed by atoms with Crippen molar-refractivity contribution >= 4 is 56.4 Å². The van der Waals surface area contributed by atoms with Gasteiger partial charge in [-0.1, -0.05) is 35.9 Å². The lowest BCUT2D eigenvalue weighted by atomic mass is 10.2. The zero-order valence-corrected chi connectivity index (χ0v) is 16.7. The first kappa shape index (κ1) is 18.8. The molecule has 0 bridgehead atoms. The van der Waals surface area contributed by atoms with Crippen molar-refractivity contribution in [2.45, 2.75) is 26.3 Å². The molecule has 3 aromatic rings. The van der Waals surface area contributed by atoms with Crippen LogP contribution in [0.2, 0.25) is 4.34 Å². The highest BCUT2D eigenvalue weighted by Crippen LogP contribution is 2.22. The summed E-state index contributed by atoms with van der Waals surface area (Å²) in [6.45, 7) is 2.09. The quantitative estimate of drug-likeness (QED) is 0.603. The van der Waals surface area contributed by atoms with Crippen molar-refractivity contribution in [3.63, 3.8) is 0 Å². The number of ether oxygens (including phenoxy) is 1. The maximum absolute atomic E-state index is 12.4. The molecule has 0 aliphatic rings. The summed E-state index contributed by atoms with van der Waals surface area (Å²) in [5.74, 6) is -0.660. The number of hydrogen-bond acceptors (Lipinski definition) is 5. The smallest absolute Gasteiger partial charge is 0.325 e. The Bertz CT molecular complexity index is 1030. The first-order valence-electron chi connectivity index (χ1n) is 8.01. The highest BCUT2D eigenvalue weighted by Gasteiger charge is 2.13. The molecule has 0 N–H and O–H groups in total. The van der Waals surface area contributed by atoms with E-state index in [9.17, 15) is 9.59 Å². The average Bonchev–Trinajstić information content (AvgIpc) is 3.17. The zero-order valence-electron chi connectivity index (χ0n) is 14.3. The molecule has 0 saturated carbocycles. The minimum absolute atomic E-state index is 0.0128. The molecule has 0 unspecified atom stereocenters. The molecule has 1 aromatic carbocycles. The van der Waals surface area contributed by atoms with E-state index < -0.39 is 0 Å². The third-order valence-corrected chi connectivity index (χ3v) is 6.12. The summed E-state index contributed by atoms with van der Waals surface area (Å²) in [6, 6.07) is 9.62. The van der Waals surface area contributed by atoms with Gasteiger partial charge in [0.05, 0.1) is 28.1 Å². The topological polar surface area (TPSA) is 60.7 Å². The lowest BCUT2D eigenvalue weighted by Crippen LogP contribution is -2.22. The van der Waals surface area contributed by atoms with Gasteiger partial charge >= 0.3 is 5.97 Å². The number of benzene rings is 1. The standard InChI is InChI=1S/C18H17ClN2O3S2/c1-3-11-4-6-13-14(8-11)26-18(21(13)10-17(23)24-2)20-16(22)9-12-5-7-15(19)25-12/h4-8H,3,9-10H2,1-2H3. The number of fused-ring (bicyclic) bond motifs is 1. The highest BCUT2D eigenvalue weighted by molar-refractivity contribution is 7.16. The average molecular weight is 409 g/mol. The molecule has 5 nitrogen and oxygen atoms in total. The van der Waals surface area contributed by atoms with Gasteiger partial charge in [0, 0.05) is 4.88 Å². The number of aryl methyl sites for hydroxylation is 1. The molecule has 0 aliphatic carbocycles. The Morgan fingerprint density at radius 1 is 1.23 bits per heavy atom. The maximum atomic E-state index is 12.4. The van der Waals surface area contributed by atoms with Gasteiger partial charge in [-0.15, -0.1) is 11.3 Å². The fourth-order valence-electron chi connectivity index (χ4n) is 2.51. The number of amides is 1. The number of carbonyl (C=O) groups is 2. The van der Waals surface area contributed by atoms with Crippen LogP contribution in [0.1, 0.15) is 17.4 Å². The van der Waals surface area contributed by atoms with Crippen molar-refractivity contribution in [1.29, 1.82) is 0 Å². The Hall–Kier alpha value is -1.96. The molecule has 2 aromatic heterocycles. The molecule has 0 atom stereocenters. The van der Waals surface area contributed by atoms with E-state index in [2.05, 4.69) is 18.0 Å². The Balaban J connectivity index is 2.02. The van der Waals surface area contributed by atoms with Gasteiger partial charge in [-0.3, -0.25) is 9.59 Å². The highest BCUT2D eigenvalue weighted by atomic mass is 35.5. The van der Waals surface area contributed by atoms with Gasteiger partial charge in [0.15, 0.2) is 4.80 Å². The normalized spacial score (nSPS) is 11.9. The third-order valence-electron chi connectivity index (χ3n) is 3.84. The second-order valence-electron chi connectivity index (χ2n) is 5.59. The number of esters is 1. The predicted octanol–water partition coefficient (Wildman–Crippen LogP) is 3.82. The van der Waals surface area contributed by atoms with Gasteiger partial charge in [0.1, 0.15) is 6.54 Å². The first-order chi connectivity index (χ1) is 12.5. The van der Waals surface area contributed by atoms with E-state index in [1.165, 1.54) is 35.3 Å². The number of hydrogen-bond donors (Lipinski definition) is 0. The lowest BCUT2D eigenvalue weighted by molar-refractivity contribution is -0.141. The molecular weight excluding hydrogens is 392 g/mol. The van der Waals surface area contributed by atoms with E-state index in [-0.39, 0.29) is 24.8 Å². The van der Waals surface area contributed by atoms with Crippen LogP contribution in [-0.4, -0.2) is 23.6 Å². The Morgan fingerprint density at radius 3 is 2.69 bits per heavy atom. The summed E-state index contributed by atoms with van der Waals surface area (Å²) < 4.78 is 8.13. The van der Waals surface area contributed by atoms with Gasteiger partial charge in [-0.2, -0.15) is 4.99 Å². The van der Waals surface area contributed by atoms with Crippen LogP contribution in [0.4, 0.5) is 0 Å². The van der Waals surface area contributed by atoms with Crippen molar-refractivity contribution in [3.8, 4) is 0 Å². The molecule has 0 aliphatic heterocycles. The van der Waals surface area contributed by atoms with E-state index in [1.54, 1.807) is 10.6 Å². The van der Waals surface area contributed by atoms with Crippen LogP contribution in [0.3, 0.4) is 0 Å². The van der Waals surface area contributed by atoms with Crippen LogP contribution in [0, 0.1) is 0 Å². The Kier molecular flexibility index (Phi) is 5.90. The van der Waals surface area contributed by atoms with Gasteiger partial charge in [-0.25, -0.2) is 0 Å². The van der Waals surface area contributed by atoms with E-state index in [4.69, 9.17) is 16.3 Å². The second kappa shape index (κ2) is 8.16. The third kappa shape index (κ3) is 4.23. The summed E-state index contributed by atoms with van der Waals surface area (Å²) in [5.41, 5.74) is 2.05. The van der Waals surface area contributed by atoms with Crippen LogP contribution >= 0.6 is 34.3 Å². The van der Waals surface area contributed by atoms with E-state index in [0.717, 1.165) is 21.5 Å². The summed E-state index contributed by atoms with van der Waals surface area (Å²) in [4.78, 5) is 29.8. The molecule has 3 rings (SSSR count). The number of aromatic nitrogens is 1. The van der Waals surface area contributed by atoms with Crippen molar-refractivity contribution in [2.24, 2.45) is 4.99 Å². The molecule has 0 spiro atoms. The number of halogens is 1. The minimum Gasteiger partial charge on any atom is -0.468 e. The minimum atomic E-state index is -0.386. The molecule has 1 amide bonds. The molecule has 136 valence electrons. The fourth-order valence-corrected chi connectivity index (χ4v) is 4.70. The number of rotatable bonds is 5. The fraction of sp³-hybridized carbons (Fsp3) is 0.278. The first-order valence-corrected chi connectivity index (χ1v) is 10.0. The van der Waals surface area contributed by atoms with Crippen molar-refractivity contribution < 1.29 is 14.3 Å². The molecular formula is C18H17ClN2O3S2. The predicted molar refractivity (Wildman–Crippen MR) is 105 cm³/mol. The van der Waals surface area contributed by atoms with E-state index in [1.807, 2.05) is 18.2 Å². The lowest BCUT2D eigenvalue weighted by Gasteiger charge is -2.04. The monoisotopic (exact) mass is 408 g/mol. The van der Waals surface area contributed by atoms with Gasteiger partial charge in [0.2, 0.25) is 0 Å². The number of methoxy groups -OCH3 is 1. The van der Waals surface area contributed by atoms with Gasteiger partial charge < -0.3 is 9.30 Å². The summed E-state index contributed by atoms with van der Waals surface area (Å²) >= 11 is 8.66. The van der Waals surface area contributed by atoms with Crippen LogP contribution in [0.25, 0.3) is 10.2 Å². The largest absolute Gasteiger partial charge is 0.468 e. The van der Waals surface area contributed by atoms with E-state index >= 15 is 0 Å². The van der Waals surface area contributed by atoms with Crippen LogP contribution < -0.4 is 4.80 Å². The van der Waals surface area contributed by atoms with Crippen molar-refractivity contribution in [1.82, 2.24) is 4.57 Å². The molecule has 0 fully saturated rings. The Labute approximate surface area is 163 Å². The van der Waals surface area contributed by atoms with Crippen LogP contribution in [-0.2, 0) is 33.7 Å². The SMILES string of the molecule is CCc1ccc2c(c1)sc(=NC(=O)Cc1ccc(Cl)s1)n2CC(=O)OC. The summed E-state index contributed by atoms with van der Waals surface area (Å²) in [7, 11) is 1.34. The second-order valence-corrected chi connectivity index (χ2v) is 8.40. The Morgan fingerprint density at radius 2 is 2.04 bits per heavy atom. The van der Waals surface area contributed by atoms with Gasteiger partial charge in [0.25, 0.3) is 5.91 Å².